The molecule has 3 saturated carbocycles. The number of carbonyl (C=O) groups excluding carboxylic acids is 1. The van der Waals surface area contributed by atoms with Gasteiger partial charge in [-0.1, -0.05) is 50.6 Å². The van der Waals surface area contributed by atoms with Crippen molar-refractivity contribution in [1.82, 2.24) is 10.1 Å². The van der Waals surface area contributed by atoms with Gasteiger partial charge in [-0.25, -0.2) is 0 Å². The zero-order chi connectivity index (χ0) is 17.2. The molecule has 3 aliphatic rings. The van der Waals surface area contributed by atoms with Crippen LogP contribution in [0.15, 0.2) is 4.52 Å². The molecule has 138 valence electrons. The first-order chi connectivity index (χ1) is 12.3. The molecule has 1 heterocycles. The van der Waals surface area contributed by atoms with Crippen LogP contribution in [0.4, 0.5) is 0 Å². The second-order valence-electron chi connectivity index (χ2n) is 8.30. The average Bonchev–Trinajstić information content (AvgIpc) is 3.42. The molecule has 0 N–H and O–H groups in total. The smallest absolute Gasteiger partial charge is 0.276 e. The van der Waals surface area contributed by atoms with Gasteiger partial charge in [-0.2, -0.15) is 0 Å². The summed E-state index contributed by atoms with van der Waals surface area (Å²) in [6.45, 7) is 2.13. The Morgan fingerprint density at radius 3 is 2.00 bits per heavy atom. The summed E-state index contributed by atoms with van der Waals surface area (Å²) in [7, 11) is 0. The van der Waals surface area contributed by atoms with Crippen molar-refractivity contribution in [2.45, 2.75) is 108 Å². The fourth-order valence-electron chi connectivity index (χ4n) is 4.97. The van der Waals surface area contributed by atoms with Gasteiger partial charge in [0.1, 0.15) is 5.76 Å². The summed E-state index contributed by atoms with van der Waals surface area (Å²) < 4.78 is 5.66. The molecule has 0 atom stereocenters. The monoisotopic (exact) mass is 344 g/mol. The van der Waals surface area contributed by atoms with Gasteiger partial charge >= 0.3 is 0 Å². The minimum absolute atomic E-state index is 0.159. The van der Waals surface area contributed by atoms with Gasteiger partial charge in [-0.3, -0.25) is 4.79 Å². The molecule has 3 aliphatic carbocycles. The second-order valence-corrected chi connectivity index (χ2v) is 8.30. The predicted octanol–water partition coefficient (Wildman–Crippen LogP) is 5.22. The fourth-order valence-corrected chi connectivity index (χ4v) is 4.97. The molecule has 1 aromatic rings. The fraction of sp³-hybridized carbons (Fsp3) is 0.810. The maximum absolute atomic E-state index is 13.6. The third-order valence-corrected chi connectivity index (χ3v) is 6.49. The second kappa shape index (κ2) is 7.51. The van der Waals surface area contributed by atoms with E-state index in [9.17, 15) is 4.79 Å². The Hall–Kier alpha value is -1.32. The number of rotatable bonds is 5. The molecule has 0 radical (unpaired) electrons. The SMILES string of the molecule is CCc1c(C(=O)N(C2CCCCC2)C2CCCCC2)noc1C1CC1. The number of amides is 1. The molecule has 0 aliphatic heterocycles. The number of nitrogens with zero attached hydrogens (tertiary/aromatic N) is 2. The van der Waals surface area contributed by atoms with E-state index in [4.69, 9.17) is 4.52 Å². The Bertz CT molecular complexity index is 575. The van der Waals surface area contributed by atoms with Crippen LogP contribution in [0.25, 0.3) is 0 Å². The molecular formula is C21H32N2O2. The highest BCUT2D eigenvalue weighted by Gasteiger charge is 2.38. The van der Waals surface area contributed by atoms with Crippen LogP contribution in [-0.4, -0.2) is 28.0 Å². The van der Waals surface area contributed by atoms with Crippen molar-refractivity contribution in [3.05, 3.63) is 17.0 Å². The Balaban J connectivity index is 1.62. The lowest BCUT2D eigenvalue weighted by molar-refractivity contribution is 0.0437. The van der Waals surface area contributed by atoms with Crippen molar-refractivity contribution >= 4 is 5.91 Å². The summed E-state index contributed by atoms with van der Waals surface area (Å²) in [5.41, 5.74) is 1.71. The van der Waals surface area contributed by atoms with Crippen LogP contribution in [0.1, 0.15) is 112 Å². The van der Waals surface area contributed by atoms with Crippen molar-refractivity contribution in [2.75, 3.05) is 0 Å². The highest BCUT2D eigenvalue weighted by molar-refractivity contribution is 5.94. The molecule has 0 spiro atoms. The molecule has 4 nitrogen and oxygen atoms in total. The summed E-state index contributed by atoms with van der Waals surface area (Å²) in [6.07, 6.45) is 15.5. The maximum atomic E-state index is 13.6. The average molecular weight is 344 g/mol. The van der Waals surface area contributed by atoms with Crippen LogP contribution in [0.5, 0.6) is 0 Å². The van der Waals surface area contributed by atoms with Gasteiger partial charge < -0.3 is 9.42 Å². The molecule has 0 aromatic carbocycles. The Kier molecular flexibility index (Phi) is 5.14. The van der Waals surface area contributed by atoms with E-state index in [0.29, 0.717) is 23.7 Å². The Morgan fingerprint density at radius 2 is 1.52 bits per heavy atom. The molecule has 4 heteroatoms. The summed E-state index contributed by atoms with van der Waals surface area (Å²) in [4.78, 5) is 15.8. The van der Waals surface area contributed by atoms with Gasteiger partial charge in [-0.15, -0.1) is 0 Å². The van der Waals surface area contributed by atoms with E-state index >= 15 is 0 Å². The topological polar surface area (TPSA) is 46.3 Å². The summed E-state index contributed by atoms with van der Waals surface area (Å²) in [5.74, 6) is 1.67. The summed E-state index contributed by atoms with van der Waals surface area (Å²) in [5, 5.41) is 4.29. The van der Waals surface area contributed by atoms with E-state index in [1.54, 1.807) is 0 Å². The molecular weight excluding hydrogens is 312 g/mol. The van der Waals surface area contributed by atoms with Crippen LogP contribution < -0.4 is 0 Å². The lowest BCUT2D eigenvalue weighted by Gasteiger charge is -2.41. The Labute approximate surface area is 151 Å². The normalized spacial score (nSPS) is 22.9. The van der Waals surface area contributed by atoms with Crippen LogP contribution >= 0.6 is 0 Å². The molecule has 0 bridgehead atoms. The standard InChI is InChI=1S/C21H32N2O2/c1-2-18-19(22-25-20(18)15-13-14-15)21(24)23(16-9-5-3-6-10-16)17-11-7-4-8-12-17/h15-17H,2-14H2,1H3. The minimum atomic E-state index is 0.159. The number of hydrogen-bond donors (Lipinski definition) is 0. The Morgan fingerprint density at radius 1 is 0.960 bits per heavy atom. The first-order valence-electron chi connectivity index (χ1n) is 10.6. The van der Waals surface area contributed by atoms with Gasteiger partial charge in [-0.05, 0) is 44.9 Å². The van der Waals surface area contributed by atoms with Crippen molar-refractivity contribution in [1.29, 1.82) is 0 Å². The highest BCUT2D eigenvalue weighted by atomic mass is 16.5. The van der Waals surface area contributed by atoms with E-state index in [1.807, 2.05) is 0 Å². The van der Waals surface area contributed by atoms with Crippen LogP contribution in [0.2, 0.25) is 0 Å². The zero-order valence-corrected chi connectivity index (χ0v) is 15.6. The highest BCUT2D eigenvalue weighted by Crippen LogP contribution is 2.43. The van der Waals surface area contributed by atoms with Gasteiger partial charge in [0, 0.05) is 23.6 Å². The molecule has 3 fully saturated rings. The summed E-state index contributed by atoms with van der Waals surface area (Å²) in [6, 6.07) is 0.824. The van der Waals surface area contributed by atoms with Crippen molar-refractivity contribution in [3.8, 4) is 0 Å². The van der Waals surface area contributed by atoms with Crippen LogP contribution in [0, 0.1) is 0 Å². The number of carbonyl (C=O) groups is 1. The molecule has 4 rings (SSSR count). The maximum Gasteiger partial charge on any atom is 0.276 e. The molecule has 1 aromatic heterocycles. The van der Waals surface area contributed by atoms with Gasteiger partial charge in [0.25, 0.3) is 5.91 Å². The van der Waals surface area contributed by atoms with E-state index in [0.717, 1.165) is 43.4 Å². The van der Waals surface area contributed by atoms with Gasteiger partial charge in [0.2, 0.25) is 0 Å². The van der Waals surface area contributed by atoms with Crippen molar-refractivity contribution in [2.24, 2.45) is 0 Å². The number of hydrogen-bond acceptors (Lipinski definition) is 3. The van der Waals surface area contributed by atoms with Crippen molar-refractivity contribution in [3.63, 3.8) is 0 Å². The lowest BCUT2D eigenvalue weighted by Crippen LogP contribution is -2.49. The van der Waals surface area contributed by atoms with Crippen LogP contribution in [-0.2, 0) is 6.42 Å². The van der Waals surface area contributed by atoms with E-state index in [1.165, 1.54) is 51.4 Å². The largest absolute Gasteiger partial charge is 0.360 e. The summed E-state index contributed by atoms with van der Waals surface area (Å²) >= 11 is 0. The zero-order valence-electron chi connectivity index (χ0n) is 15.6. The first-order valence-corrected chi connectivity index (χ1v) is 10.6. The van der Waals surface area contributed by atoms with E-state index in [-0.39, 0.29) is 5.91 Å². The van der Waals surface area contributed by atoms with Crippen LogP contribution in [0.3, 0.4) is 0 Å². The lowest BCUT2D eigenvalue weighted by atomic mass is 9.88. The quantitative estimate of drug-likeness (QED) is 0.735. The van der Waals surface area contributed by atoms with Gasteiger partial charge in [0.15, 0.2) is 5.69 Å². The van der Waals surface area contributed by atoms with Crippen molar-refractivity contribution < 1.29 is 9.32 Å². The van der Waals surface area contributed by atoms with E-state index in [2.05, 4.69) is 17.0 Å². The minimum Gasteiger partial charge on any atom is -0.360 e. The third-order valence-electron chi connectivity index (χ3n) is 6.49. The number of aromatic nitrogens is 1. The van der Waals surface area contributed by atoms with E-state index < -0.39 is 0 Å². The van der Waals surface area contributed by atoms with Gasteiger partial charge in [0.05, 0.1) is 0 Å². The first kappa shape index (κ1) is 17.1. The predicted molar refractivity (Wildman–Crippen MR) is 97.8 cm³/mol. The molecule has 25 heavy (non-hydrogen) atoms. The molecule has 1 amide bonds. The molecule has 0 unspecified atom stereocenters. The third kappa shape index (κ3) is 3.50. The molecule has 0 saturated heterocycles.